The number of ether oxygens (including phenoxy) is 6. The van der Waals surface area contributed by atoms with E-state index in [9.17, 15) is 4.79 Å². The normalized spacial score (nSPS) is 11.9. The molecule has 8 nitrogen and oxygen atoms in total. The zero-order chi connectivity index (χ0) is 41.2. The molecular weight excluding hydrogens is 715 g/mol. The van der Waals surface area contributed by atoms with Crippen LogP contribution in [0.3, 0.4) is 0 Å². The fraction of sp³-hybridized carbons (Fsp3) is 0.939. The maximum atomic E-state index is 11.6. The standard InChI is InChI=1S/C49H95NO7/c1-4-7-10-12-14-16-18-20-22-24-26-28-30-33-37-55-46-48(57-38-34-31-29-27-25-23-21-19-17-15-13-11-8-5-2)47-56-45-44-54-43-42-53-41-40-52-39-36-50-49(51)35-32-9-6-3/h3,48H,4-5,7-47H2,1-2H3,(H,50,51). The molecule has 0 aromatic rings. The Balaban J connectivity index is 3.98. The summed E-state index contributed by atoms with van der Waals surface area (Å²) in [6.07, 6.45) is 45.1. The molecule has 0 aliphatic heterocycles. The van der Waals surface area contributed by atoms with Gasteiger partial charge in [0.1, 0.15) is 6.10 Å². The van der Waals surface area contributed by atoms with Crippen molar-refractivity contribution in [2.24, 2.45) is 0 Å². The van der Waals surface area contributed by atoms with Crippen LogP contribution in [0.5, 0.6) is 0 Å². The quantitative estimate of drug-likeness (QED) is 0.0484. The van der Waals surface area contributed by atoms with E-state index in [2.05, 4.69) is 25.1 Å². The van der Waals surface area contributed by atoms with Crippen molar-refractivity contribution >= 4 is 5.91 Å². The second-order valence-corrected chi connectivity index (χ2v) is 16.1. The molecule has 0 aromatic carbocycles. The molecule has 1 unspecified atom stereocenters. The molecule has 0 bridgehead atoms. The fourth-order valence-electron chi connectivity index (χ4n) is 6.88. The third-order valence-corrected chi connectivity index (χ3v) is 10.5. The molecule has 0 rings (SSSR count). The zero-order valence-electron chi connectivity index (χ0n) is 37.9. The largest absolute Gasteiger partial charge is 0.379 e. The van der Waals surface area contributed by atoms with Crippen molar-refractivity contribution in [1.29, 1.82) is 0 Å². The maximum Gasteiger partial charge on any atom is 0.220 e. The Morgan fingerprint density at radius 2 is 0.789 bits per heavy atom. The number of terminal acetylenes is 1. The molecule has 0 spiro atoms. The van der Waals surface area contributed by atoms with Crippen molar-refractivity contribution in [2.45, 2.75) is 219 Å². The summed E-state index contributed by atoms with van der Waals surface area (Å²) < 4.78 is 35.1. The Labute approximate surface area is 354 Å². The minimum Gasteiger partial charge on any atom is -0.379 e. The number of carbonyl (C=O) groups is 1. The van der Waals surface area contributed by atoms with Crippen LogP contribution in [0.4, 0.5) is 0 Å². The molecule has 0 radical (unpaired) electrons. The third kappa shape index (κ3) is 49.1. The van der Waals surface area contributed by atoms with Gasteiger partial charge in [-0.15, -0.1) is 12.3 Å². The topological polar surface area (TPSA) is 84.5 Å². The highest BCUT2D eigenvalue weighted by molar-refractivity contribution is 5.75. The minimum atomic E-state index is -0.0382. The first-order chi connectivity index (χ1) is 28.2. The molecule has 8 heteroatoms. The number of rotatable bonds is 50. The van der Waals surface area contributed by atoms with Crippen LogP contribution in [-0.4, -0.2) is 91.2 Å². The lowest BCUT2D eigenvalue weighted by Crippen LogP contribution is -2.27. The molecule has 0 aliphatic carbocycles. The number of amides is 1. The summed E-state index contributed by atoms with van der Waals surface area (Å²) >= 11 is 0. The lowest BCUT2D eigenvalue weighted by atomic mass is 10.0. The number of carbonyl (C=O) groups excluding carboxylic acids is 1. The molecule has 0 saturated heterocycles. The Bertz CT molecular complexity index is 807. The van der Waals surface area contributed by atoms with Gasteiger partial charge in [0.15, 0.2) is 0 Å². The molecule has 1 N–H and O–H groups in total. The van der Waals surface area contributed by atoms with Gasteiger partial charge in [-0.2, -0.15) is 0 Å². The Morgan fingerprint density at radius 1 is 0.439 bits per heavy atom. The summed E-state index contributed by atoms with van der Waals surface area (Å²) in [4.78, 5) is 11.6. The lowest BCUT2D eigenvalue weighted by Gasteiger charge is -2.18. The van der Waals surface area contributed by atoms with E-state index in [1.807, 2.05) is 0 Å². The predicted octanol–water partition coefficient (Wildman–Crippen LogP) is 12.3. The van der Waals surface area contributed by atoms with Crippen LogP contribution >= 0.6 is 0 Å². The molecule has 0 heterocycles. The van der Waals surface area contributed by atoms with Gasteiger partial charge in [-0.3, -0.25) is 4.79 Å². The van der Waals surface area contributed by atoms with Gasteiger partial charge in [-0.25, -0.2) is 0 Å². The molecule has 57 heavy (non-hydrogen) atoms. The summed E-state index contributed by atoms with van der Waals surface area (Å²) in [5.41, 5.74) is 0. The fourth-order valence-corrected chi connectivity index (χ4v) is 6.88. The third-order valence-electron chi connectivity index (χ3n) is 10.5. The molecule has 0 aromatic heterocycles. The van der Waals surface area contributed by atoms with Crippen molar-refractivity contribution < 1.29 is 33.2 Å². The van der Waals surface area contributed by atoms with Crippen LogP contribution in [0.1, 0.15) is 213 Å². The number of unbranched alkanes of at least 4 members (excludes halogenated alkanes) is 27. The van der Waals surface area contributed by atoms with Crippen LogP contribution < -0.4 is 5.32 Å². The number of hydrogen-bond acceptors (Lipinski definition) is 7. The van der Waals surface area contributed by atoms with E-state index in [4.69, 9.17) is 34.8 Å². The average Bonchev–Trinajstić information content (AvgIpc) is 3.21. The van der Waals surface area contributed by atoms with Crippen LogP contribution in [0, 0.1) is 12.3 Å². The molecule has 0 saturated carbocycles. The van der Waals surface area contributed by atoms with E-state index in [-0.39, 0.29) is 12.0 Å². The first-order valence-electron chi connectivity index (χ1n) is 24.4. The number of nitrogens with one attached hydrogen (secondary N) is 1. The van der Waals surface area contributed by atoms with E-state index >= 15 is 0 Å². The first-order valence-corrected chi connectivity index (χ1v) is 24.4. The Hall–Kier alpha value is -1.21. The molecular formula is C49H95NO7. The van der Waals surface area contributed by atoms with Crippen molar-refractivity contribution in [1.82, 2.24) is 5.32 Å². The first kappa shape index (κ1) is 55.8. The van der Waals surface area contributed by atoms with Gasteiger partial charge < -0.3 is 33.7 Å². The Morgan fingerprint density at radius 3 is 1.21 bits per heavy atom. The van der Waals surface area contributed by atoms with Crippen LogP contribution in [0.15, 0.2) is 0 Å². The highest BCUT2D eigenvalue weighted by Gasteiger charge is 2.10. The molecule has 1 amide bonds. The molecule has 0 fully saturated rings. The summed E-state index contributed by atoms with van der Waals surface area (Å²) in [5, 5.41) is 2.83. The van der Waals surface area contributed by atoms with E-state index < -0.39 is 0 Å². The molecule has 0 aliphatic rings. The average molecular weight is 810 g/mol. The van der Waals surface area contributed by atoms with Gasteiger partial charge in [-0.1, -0.05) is 181 Å². The van der Waals surface area contributed by atoms with Crippen LogP contribution in [0.25, 0.3) is 0 Å². The maximum absolute atomic E-state index is 11.6. The highest BCUT2D eigenvalue weighted by Crippen LogP contribution is 2.15. The van der Waals surface area contributed by atoms with Crippen molar-refractivity contribution in [3.63, 3.8) is 0 Å². The summed E-state index contributed by atoms with van der Waals surface area (Å²) in [5.74, 6) is 2.56. The summed E-state index contributed by atoms with van der Waals surface area (Å²) in [6, 6.07) is 0. The van der Waals surface area contributed by atoms with E-state index in [0.29, 0.717) is 85.3 Å². The van der Waals surface area contributed by atoms with Gasteiger partial charge in [0.25, 0.3) is 0 Å². The SMILES string of the molecule is C#CCCCC(=O)NCCOCCOCCOCCOCC(COCCCCCCCCCCCCCCCC)OCCCCCCCCCCCCCCCC. The van der Waals surface area contributed by atoms with Gasteiger partial charge in [0.2, 0.25) is 5.91 Å². The summed E-state index contributed by atoms with van der Waals surface area (Å²) in [6.45, 7) is 11.3. The van der Waals surface area contributed by atoms with E-state index in [1.54, 1.807) is 0 Å². The van der Waals surface area contributed by atoms with E-state index in [0.717, 1.165) is 26.1 Å². The van der Waals surface area contributed by atoms with Crippen LogP contribution in [-0.2, 0) is 33.2 Å². The lowest BCUT2D eigenvalue weighted by molar-refractivity contribution is -0.121. The van der Waals surface area contributed by atoms with Gasteiger partial charge in [-0.05, 0) is 19.3 Å². The van der Waals surface area contributed by atoms with Crippen molar-refractivity contribution in [2.75, 3.05) is 79.2 Å². The smallest absolute Gasteiger partial charge is 0.220 e. The molecule has 1 atom stereocenters. The van der Waals surface area contributed by atoms with E-state index in [1.165, 1.54) is 167 Å². The van der Waals surface area contributed by atoms with Gasteiger partial charge in [0, 0.05) is 32.6 Å². The van der Waals surface area contributed by atoms with Gasteiger partial charge >= 0.3 is 0 Å². The second-order valence-electron chi connectivity index (χ2n) is 16.1. The second kappa shape index (κ2) is 50.9. The van der Waals surface area contributed by atoms with Crippen LogP contribution in [0.2, 0.25) is 0 Å². The zero-order valence-corrected chi connectivity index (χ0v) is 37.9. The highest BCUT2D eigenvalue weighted by atomic mass is 16.6. The number of hydrogen-bond donors (Lipinski definition) is 1. The Kier molecular flexibility index (Phi) is 49.9. The van der Waals surface area contributed by atoms with Crippen molar-refractivity contribution in [3.8, 4) is 12.3 Å². The van der Waals surface area contributed by atoms with Gasteiger partial charge in [0.05, 0.1) is 59.5 Å². The minimum absolute atomic E-state index is 0.0123. The molecule has 338 valence electrons. The summed E-state index contributed by atoms with van der Waals surface area (Å²) in [7, 11) is 0. The predicted molar refractivity (Wildman–Crippen MR) is 240 cm³/mol. The van der Waals surface area contributed by atoms with Crippen molar-refractivity contribution in [3.05, 3.63) is 0 Å². The monoisotopic (exact) mass is 810 g/mol.